The van der Waals surface area contributed by atoms with E-state index in [9.17, 15) is 10.2 Å². The maximum absolute atomic E-state index is 12.5. The fourth-order valence-corrected chi connectivity index (χ4v) is 8.48. The first-order valence-corrected chi connectivity index (χ1v) is 16.1. The van der Waals surface area contributed by atoms with Crippen LogP contribution in [0.5, 0.6) is 0 Å². The minimum absolute atomic E-state index is 0.0487. The molecule has 0 radical (unpaired) electrons. The van der Waals surface area contributed by atoms with Crippen LogP contribution in [0.15, 0.2) is 47.5 Å². The molecule has 6 N–H and O–H groups in total. The standard InChI is InChI=1S/C34H52N4O3/c1-24(21-28-22-26-9-6-7-12-31(26)38-28)25-13-16-34(41,27-10-4-3-5-11-27)29-14-15-33(40,30(29)23-25)17-19-37-32(35-2)36-18-8-20-39/h6-7,9,12,22,25,27,29-30,38-41H,1,3-5,8,10-11,13-21,23H2,2H3,(H2,35,36,37). The van der Waals surface area contributed by atoms with Crippen molar-refractivity contribution in [2.24, 2.45) is 28.7 Å². The molecule has 7 heteroatoms. The summed E-state index contributed by atoms with van der Waals surface area (Å²) in [6, 6.07) is 10.6. The van der Waals surface area contributed by atoms with Crippen molar-refractivity contribution in [1.29, 1.82) is 0 Å². The van der Waals surface area contributed by atoms with Gasteiger partial charge in [-0.15, -0.1) is 0 Å². The lowest BCUT2D eigenvalue weighted by molar-refractivity contribution is -0.113. The summed E-state index contributed by atoms with van der Waals surface area (Å²) in [5.74, 6) is 1.48. The van der Waals surface area contributed by atoms with Crippen molar-refractivity contribution in [1.82, 2.24) is 15.6 Å². The van der Waals surface area contributed by atoms with E-state index in [4.69, 9.17) is 5.11 Å². The van der Waals surface area contributed by atoms with Crippen LogP contribution in [0.2, 0.25) is 0 Å². The number of rotatable bonds is 10. The van der Waals surface area contributed by atoms with E-state index in [1.54, 1.807) is 7.05 Å². The number of nitrogens with one attached hydrogen (secondary N) is 3. The maximum atomic E-state index is 12.5. The van der Waals surface area contributed by atoms with Gasteiger partial charge in [0.2, 0.25) is 0 Å². The predicted octanol–water partition coefficient (Wildman–Crippen LogP) is 5.07. The molecule has 1 aromatic heterocycles. The second-order valence-electron chi connectivity index (χ2n) is 13.1. The van der Waals surface area contributed by atoms with Gasteiger partial charge in [-0.05, 0) is 99.0 Å². The van der Waals surface area contributed by atoms with Gasteiger partial charge in [-0.1, -0.05) is 49.6 Å². The van der Waals surface area contributed by atoms with E-state index in [1.165, 1.54) is 35.9 Å². The lowest BCUT2D eigenvalue weighted by Gasteiger charge is -2.45. The van der Waals surface area contributed by atoms with Gasteiger partial charge in [0.25, 0.3) is 0 Å². The Morgan fingerprint density at radius 2 is 1.80 bits per heavy atom. The van der Waals surface area contributed by atoms with Crippen molar-refractivity contribution in [2.45, 2.75) is 94.7 Å². The molecule has 3 aliphatic rings. The van der Waals surface area contributed by atoms with Crippen LogP contribution in [0.4, 0.5) is 0 Å². The van der Waals surface area contributed by atoms with E-state index >= 15 is 0 Å². The van der Waals surface area contributed by atoms with Crippen LogP contribution < -0.4 is 10.6 Å². The molecule has 3 aliphatic carbocycles. The number of aliphatic hydroxyl groups excluding tert-OH is 1. The van der Waals surface area contributed by atoms with Gasteiger partial charge < -0.3 is 30.9 Å². The van der Waals surface area contributed by atoms with Crippen LogP contribution in [0.3, 0.4) is 0 Å². The molecule has 5 atom stereocenters. The van der Waals surface area contributed by atoms with E-state index in [0.29, 0.717) is 37.8 Å². The van der Waals surface area contributed by atoms with E-state index < -0.39 is 11.2 Å². The zero-order valence-corrected chi connectivity index (χ0v) is 25.0. The molecule has 5 unspecified atom stereocenters. The summed E-state index contributed by atoms with van der Waals surface area (Å²) in [4.78, 5) is 7.87. The molecule has 41 heavy (non-hydrogen) atoms. The first kappa shape index (κ1) is 30.1. The van der Waals surface area contributed by atoms with Crippen LogP contribution >= 0.6 is 0 Å². The number of H-pyrrole nitrogens is 1. The molecule has 0 saturated heterocycles. The number of guanidine groups is 1. The number of aromatic nitrogens is 1. The smallest absolute Gasteiger partial charge is 0.190 e. The predicted molar refractivity (Wildman–Crippen MR) is 167 cm³/mol. The number of aromatic amines is 1. The monoisotopic (exact) mass is 564 g/mol. The Hall–Kier alpha value is -2.35. The van der Waals surface area contributed by atoms with E-state index in [0.717, 1.165) is 56.9 Å². The highest BCUT2D eigenvalue weighted by Gasteiger charge is 2.58. The van der Waals surface area contributed by atoms with Crippen LogP contribution in [0.25, 0.3) is 10.9 Å². The van der Waals surface area contributed by atoms with E-state index in [-0.39, 0.29) is 24.4 Å². The number of hydrogen-bond donors (Lipinski definition) is 6. The summed E-state index contributed by atoms with van der Waals surface area (Å²) in [6.07, 6.45) is 12.2. The molecular formula is C34H52N4O3. The van der Waals surface area contributed by atoms with Crippen LogP contribution in [-0.2, 0) is 6.42 Å². The number of aliphatic imine (C=N–C) groups is 1. The molecule has 0 bridgehead atoms. The quantitative estimate of drug-likeness (QED) is 0.104. The highest BCUT2D eigenvalue weighted by Crippen LogP contribution is 2.57. The Labute approximate surface area is 245 Å². The number of aliphatic hydroxyl groups is 3. The van der Waals surface area contributed by atoms with Crippen molar-refractivity contribution < 1.29 is 15.3 Å². The minimum atomic E-state index is -0.825. The summed E-state index contributed by atoms with van der Waals surface area (Å²) >= 11 is 0. The maximum Gasteiger partial charge on any atom is 0.190 e. The SMILES string of the molecule is C=C(Cc1cc2ccccc2[nH]1)C1CCC(O)(C2CCCCC2)C2CCC(O)(CCNC(=NC)NCCCO)C2C1. The number of allylic oxidation sites excluding steroid dienone is 1. The van der Waals surface area contributed by atoms with Gasteiger partial charge in [-0.25, -0.2) is 0 Å². The van der Waals surface area contributed by atoms with Gasteiger partial charge in [0.05, 0.1) is 11.2 Å². The second kappa shape index (κ2) is 13.3. The Morgan fingerprint density at radius 3 is 2.56 bits per heavy atom. The normalized spacial score (nSPS) is 31.1. The molecule has 3 saturated carbocycles. The van der Waals surface area contributed by atoms with Gasteiger partial charge in [0.1, 0.15) is 0 Å². The van der Waals surface area contributed by atoms with Crippen molar-refractivity contribution in [2.75, 3.05) is 26.7 Å². The fraction of sp³-hybridized carbons (Fsp3) is 0.676. The molecule has 0 amide bonds. The lowest BCUT2D eigenvalue weighted by Crippen LogP contribution is -2.50. The van der Waals surface area contributed by atoms with Crippen LogP contribution in [0.1, 0.15) is 82.7 Å². The highest BCUT2D eigenvalue weighted by atomic mass is 16.3. The van der Waals surface area contributed by atoms with Crippen LogP contribution in [0, 0.1) is 23.7 Å². The Kier molecular flexibility index (Phi) is 9.77. The molecule has 1 heterocycles. The van der Waals surface area contributed by atoms with Crippen LogP contribution in [-0.4, -0.2) is 64.2 Å². The number of para-hydroxylation sites is 1. The third-order valence-corrected chi connectivity index (χ3v) is 10.7. The summed E-state index contributed by atoms with van der Waals surface area (Å²) in [5.41, 5.74) is 2.02. The molecule has 5 rings (SSSR count). The third-order valence-electron chi connectivity index (χ3n) is 10.7. The van der Waals surface area contributed by atoms with E-state index in [1.807, 2.05) is 0 Å². The number of nitrogens with zero attached hydrogens (tertiary/aromatic N) is 1. The third kappa shape index (κ3) is 6.68. The van der Waals surface area contributed by atoms with Crippen molar-refractivity contribution in [3.63, 3.8) is 0 Å². The van der Waals surface area contributed by atoms with Gasteiger partial charge in [-0.2, -0.15) is 0 Å². The summed E-state index contributed by atoms with van der Waals surface area (Å²) < 4.78 is 0. The average Bonchev–Trinajstić information content (AvgIpc) is 3.49. The molecule has 7 nitrogen and oxygen atoms in total. The van der Waals surface area contributed by atoms with E-state index in [2.05, 4.69) is 57.5 Å². The minimum Gasteiger partial charge on any atom is -0.396 e. The number of fused-ring (bicyclic) bond motifs is 2. The zero-order chi connectivity index (χ0) is 28.9. The Morgan fingerprint density at radius 1 is 1.02 bits per heavy atom. The van der Waals surface area contributed by atoms with Crippen molar-refractivity contribution in [3.05, 3.63) is 48.2 Å². The zero-order valence-electron chi connectivity index (χ0n) is 25.0. The van der Waals surface area contributed by atoms with Gasteiger partial charge >= 0.3 is 0 Å². The lowest BCUT2D eigenvalue weighted by atomic mass is 9.65. The Bertz CT molecular complexity index is 1150. The topological polar surface area (TPSA) is 113 Å². The summed E-state index contributed by atoms with van der Waals surface area (Å²) in [6.45, 7) is 6.01. The van der Waals surface area contributed by atoms with Gasteiger partial charge in [0.15, 0.2) is 5.96 Å². The number of benzene rings is 1. The summed E-state index contributed by atoms with van der Waals surface area (Å²) in [7, 11) is 1.74. The fourth-order valence-electron chi connectivity index (χ4n) is 8.48. The molecule has 1 aromatic carbocycles. The largest absolute Gasteiger partial charge is 0.396 e. The van der Waals surface area contributed by atoms with Crippen molar-refractivity contribution >= 4 is 16.9 Å². The first-order chi connectivity index (χ1) is 19.9. The number of hydrogen-bond acceptors (Lipinski definition) is 4. The van der Waals surface area contributed by atoms with Crippen molar-refractivity contribution in [3.8, 4) is 0 Å². The molecule has 0 spiro atoms. The molecular weight excluding hydrogens is 512 g/mol. The molecule has 0 aliphatic heterocycles. The van der Waals surface area contributed by atoms with Gasteiger partial charge in [-0.3, -0.25) is 4.99 Å². The molecule has 226 valence electrons. The van der Waals surface area contributed by atoms with Gasteiger partial charge in [0, 0.05) is 44.4 Å². The first-order valence-electron chi connectivity index (χ1n) is 16.1. The summed E-state index contributed by atoms with van der Waals surface area (Å²) in [5, 5.41) is 41.7. The second-order valence-corrected chi connectivity index (χ2v) is 13.1. The molecule has 3 fully saturated rings. The molecule has 2 aromatic rings. The average molecular weight is 565 g/mol. The highest BCUT2D eigenvalue weighted by molar-refractivity contribution is 5.80. The Balaban J connectivity index is 1.33.